The minimum atomic E-state index is -3.81. The lowest BCUT2D eigenvalue weighted by atomic mass is 10.3. The highest BCUT2D eigenvalue weighted by Crippen LogP contribution is 2.31. The predicted octanol–water partition coefficient (Wildman–Crippen LogP) is 1.80. The number of benzene rings is 2. The van der Waals surface area contributed by atoms with Gasteiger partial charge in [0.25, 0.3) is 0 Å². The second kappa shape index (κ2) is 9.43. The Balaban J connectivity index is 1.73. The molecule has 0 radical (unpaired) electrons. The molecule has 31 heavy (non-hydrogen) atoms. The highest BCUT2D eigenvalue weighted by Gasteiger charge is 2.34. The lowest BCUT2D eigenvalue weighted by Gasteiger charge is -2.33. The smallest absolute Gasteiger partial charge is 0.243 e. The maximum absolute atomic E-state index is 13.0. The number of rotatable bonds is 8. The minimum absolute atomic E-state index is 0.0485. The maximum Gasteiger partial charge on any atom is 0.243 e. The molecule has 2 aromatic rings. The zero-order valence-electron chi connectivity index (χ0n) is 17.6. The molecule has 0 saturated carbocycles. The molecule has 1 heterocycles. The van der Waals surface area contributed by atoms with Crippen LogP contribution in [0.2, 0.25) is 0 Å². The fourth-order valence-corrected chi connectivity index (χ4v) is 6.16. The summed E-state index contributed by atoms with van der Waals surface area (Å²) in [5.41, 5.74) is 0. The number of nitrogens with zero attached hydrogens (tertiary/aromatic N) is 2. The Morgan fingerprint density at radius 3 is 1.71 bits per heavy atom. The third-order valence-electron chi connectivity index (χ3n) is 4.96. The summed E-state index contributed by atoms with van der Waals surface area (Å²) in [6, 6.07) is 10.6. The fraction of sp³-hybridized carbons (Fsp3) is 0.400. The summed E-state index contributed by atoms with van der Waals surface area (Å²) in [5, 5.41) is 0. The number of hydrogen-bond acceptors (Lipinski definition) is 7. The first kappa shape index (κ1) is 23.3. The molecular weight excluding hydrogens is 444 g/mol. The molecule has 0 aromatic heterocycles. The van der Waals surface area contributed by atoms with Crippen LogP contribution in [0.4, 0.5) is 0 Å². The van der Waals surface area contributed by atoms with Crippen molar-refractivity contribution in [2.24, 2.45) is 0 Å². The molecule has 0 atom stereocenters. The molecule has 11 heteroatoms. The summed E-state index contributed by atoms with van der Waals surface area (Å²) in [6.45, 7) is 2.55. The van der Waals surface area contributed by atoms with E-state index < -0.39 is 20.0 Å². The van der Waals surface area contributed by atoms with Crippen LogP contribution in [0.3, 0.4) is 0 Å². The lowest BCUT2D eigenvalue weighted by Crippen LogP contribution is -2.50. The van der Waals surface area contributed by atoms with E-state index in [2.05, 4.69) is 0 Å². The summed E-state index contributed by atoms with van der Waals surface area (Å²) >= 11 is 0. The van der Waals surface area contributed by atoms with E-state index in [4.69, 9.17) is 14.2 Å². The first-order chi connectivity index (χ1) is 14.7. The molecular formula is C20H26N2O7S2. The van der Waals surface area contributed by atoms with E-state index in [-0.39, 0.29) is 36.0 Å². The van der Waals surface area contributed by atoms with Crippen LogP contribution in [0.5, 0.6) is 17.2 Å². The topological polar surface area (TPSA) is 102 Å². The van der Waals surface area contributed by atoms with Crippen LogP contribution in [0.1, 0.15) is 6.92 Å². The van der Waals surface area contributed by atoms with Crippen LogP contribution in [0.25, 0.3) is 0 Å². The average molecular weight is 471 g/mol. The van der Waals surface area contributed by atoms with E-state index in [9.17, 15) is 16.8 Å². The van der Waals surface area contributed by atoms with Gasteiger partial charge in [0.2, 0.25) is 20.0 Å². The zero-order valence-corrected chi connectivity index (χ0v) is 19.3. The minimum Gasteiger partial charge on any atom is -0.494 e. The van der Waals surface area contributed by atoms with Gasteiger partial charge in [0.15, 0.2) is 11.5 Å². The van der Waals surface area contributed by atoms with E-state index in [1.165, 1.54) is 53.2 Å². The molecule has 0 spiro atoms. The van der Waals surface area contributed by atoms with Crippen molar-refractivity contribution in [2.45, 2.75) is 16.7 Å². The Hall–Kier alpha value is -2.34. The Kier molecular flexibility index (Phi) is 7.10. The highest BCUT2D eigenvalue weighted by atomic mass is 32.2. The van der Waals surface area contributed by atoms with E-state index in [0.717, 1.165) is 0 Å². The van der Waals surface area contributed by atoms with Gasteiger partial charge in [-0.2, -0.15) is 8.61 Å². The van der Waals surface area contributed by atoms with Crippen LogP contribution < -0.4 is 14.2 Å². The summed E-state index contributed by atoms with van der Waals surface area (Å²) in [7, 11) is -4.63. The normalized spacial score (nSPS) is 16.1. The van der Waals surface area contributed by atoms with Gasteiger partial charge in [-0.05, 0) is 43.3 Å². The van der Waals surface area contributed by atoms with E-state index >= 15 is 0 Å². The van der Waals surface area contributed by atoms with Gasteiger partial charge in [0.05, 0.1) is 30.6 Å². The predicted molar refractivity (Wildman–Crippen MR) is 115 cm³/mol. The fourth-order valence-electron chi connectivity index (χ4n) is 3.30. The number of ether oxygens (including phenoxy) is 3. The van der Waals surface area contributed by atoms with E-state index in [1.807, 2.05) is 6.92 Å². The lowest BCUT2D eigenvalue weighted by molar-refractivity contribution is 0.272. The summed E-state index contributed by atoms with van der Waals surface area (Å²) < 4.78 is 70.2. The van der Waals surface area contributed by atoms with Crippen LogP contribution in [0, 0.1) is 0 Å². The molecule has 1 fully saturated rings. The SMILES string of the molecule is CCOc1ccc(S(=O)(=O)N2CCN(S(=O)(=O)c3ccc(OC)c(OC)c3)CC2)cc1. The Labute approximate surface area is 183 Å². The Morgan fingerprint density at radius 1 is 0.742 bits per heavy atom. The summed E-state index contributed by atoms with van der Waals surface area (Å²) in [4.78, 5) is 0.208. The monoisotopic (exact) mass is 470 g/mol. The molecule has 1 saturated heterocycles. The Bertz CT molecular complexity index is 1110. The Morgan fingerprint density at radius 2 is 1.23 bits per heavy atom. The molecule has 0 bridgehead atoms. The first-order valence-corrected chi connectivity index (χ1v) is 12.6. The van der Waals surface area contributed by atoms with Gasteiger partial charge in [-0.3, -0.25) is 0 Å². The van der Waals surface area contributed by atoms with Gasteiger partial charge in [0.1, 0.15) is 5.75 Å². The van der Waals surface area contributed by atoms with Crippen molar-refractivity contribution in [3.8, 4) is 17.2 Å². The maximum atomic E-state index is 13.0. The van der Waals surface area contributed by atoms with Gasteiger partial charge >= 0.3 is 0 Å². The van der Waals surface area contributed by atoms with E-state index in [1.54, 1.807) is 12.1 Å². The van der Waals surface area contributed by atoms with Crippen LogP contribution in [-0.4, -0.2) is 72.5 Å². The van der Waals surface area contributed by atoms with Gasteiger partial charge in [-0.15, -0.1) is 0 Å². The van der Waals surface area contributed by atoms with Gasteiger partial charge in [-0.25, -0.2) is 16.8 Å². The molecule has 2 aromatic carbocycles. The van der Waals surface area contributed by atoms with Crippen molar-refractivity contribution in [3.05, 3.63) is 42.5 Å². The third-order valence-corrected chi connectivity index (χ3v) is 8.77. The number of piperazine rings is 1. The number of sulfonamides is 2. The molecule has 0 unspecified atom stereocenters. The molecule has 170 valence electrons. The van der Waals surface area contributed by atoms with Gasteiger partial charge in [0, 0.05) is 32.2 Å². The average Bonchev–Trinajstić information content (AvgIpc) is 2.79. The van der Waals surface area contributed by atoms with Gasteiger partial charge in [-0.1, -0.05) is 0 Å². The van der Waals surface area contributed by atoms with Crippen LogP contribution in [-0.2, 0) is 20.0 Å². The molecule has 9 nitrogen and oxygen atoms in total. The highest BCUT2D eigenvalue weighted by molar-refractivity contribution is 7.89. The van der Waals surface area contributed by atoms with Crippen LogP contribution in [0.15, 0.2) is 52.3 Å². The van der Waals surface area contributed by atoms with Crippen molar-refractivity contribution in [2.75, 3.05) is 47.0 Å². The van der Waals surface area contributed by atoms with Gasteiger partial charge < -0.3 is 14.2 Å². The standard InChI is InChI=1S/C20H26N2O7S2/c1-4-29-16-5-7-17(8-6-16)30(23,24)21-11-13-22(14-12-21)31(25,26)18-9-10-19(27-2)20(15-18)28-3/h5-10,15H,4,11-14H2,1-3H3. The van der Waals surface area contributed by atoms with E-state index in [0.29, 0.717) is 23.9 Å². The molecule has 1 aliphatic rings. The number of methoxy groups -OCH3 is 2. The van der Waals surface area contributed by atoms with Crippen molar-refractivity contribution >= 4 is 20.0 Å². The molecule has 0 aliphatic carbocycles. The zero-order chi connectivity index (χ0) is 22.6. The summed E-state index contributed by atoms with van der Waals surface area (Å²) in [6.07, 6.45) is 0. The summed E-state index contributed by atoms with van der Waals surface area (Å²) in [5.74, 6) is 1.32. The van der Waals surface area contributed by atoms with Crippen molar-refractivity contribution in [1.29, 1.82) is 0 Å². The molecule has 1 aliphatic heterocycles. The first-order valence-electron chi connectivity index (χ1n) is 9.69. The van der Waals surface area contributed by atoms with Crippen molar-refractivity contribution in [1.82, 2.24) is 8.61 Å². The third kappa shape index (κ3) is 4.79. The molecule has 0 amide bonds. The molecule has 3 rings (SSSR count). The quantitative estimate of drug-likeness (QED) is 0.580. The largest absolute Gasteiger partial charge is 0.494 e. The second-order valence-corrected chi connectivity index (χ2v) is 10.6. The molecule has 0 N–H and O–H groups in total. The second-order valence-electron chi connectivity index (χ2n) is 6.73. The van der Waals surface area contributed by atoms with Crippen molar-refractivity contribution in [3.63, 3.8) is 0 Å². The van der Waals surface area contributed by atoms with Crippen LogP contribution >= 0.6 is 0 Å². The van der Waals surface area contributed by atoms with Crippen molar-refractivity contribution < 1.29 is 31.0 Å². The number of hydrogen-bond donors (Lipinski definition) is 0.